The van der Waals surface area contributed by atoms with Gasteiger partial charge in [-0.2, -0.15) is 0 Å². The summed E-state index contributed by atoms with van der Waals surface area (Å²) < 4.78 is 1.01. The molecule has 1 heterocycles. The third-order valence-corrected chi connectivity index (χ3v) is 4.68. The van der Waals surface area contributed by atoms with Gasteiger partial charge in [0.05, 0.1) is 0 Å². The van der Waals surface area contributed by atoms with Crippen molar-refractivity contribution in [3.05, 3.63) is 58.1 Å². The third-order valence-electron chi connectivity index (χ3n) is 3.83. The Morgan fingerprint density at radius 1 is 1.33 bits per heavy atom. The predicted octanol–water partition coefficient (Wildman–Crippen LogP) is 4.30. The summed E-state index contributed by atoms with van der Waals surface area (Å²) in [5.41, 5.74) is 4.37. The average molecular weight is 345 g/mol. The number of carbonyl (C=O) groups is 1. The predicted molar refractivity (Wildman–Crippen MR) is 89.8 cm³/mol. The molecule has 0 saturated carbocycles. The van der Waals surface area contributed by atoms with Crippen LogP contribution in [0.1, 0.15) is 23.5 Å². The number of hydrogen-bond acceptors (Lipinski definition) is 2. The summed E-state index contributed by atoms with van der Waals surface area (Å²) in [5, 5.41) is 6.32. The number of fused-ring (bicyclic) bond motifs is 1. The molecule has 1 amide bonds. The molecule has 1 unspecified atom stereocenters. The zero-order chi connectivity index (χ0) is 14.8. The molecule has 2 aromatic rings. The van der Waals surface area contributed by atoms with Crippen molar-refractivity contribution in [2.45, 2.75) is 19.3 Å². The van der Waals surface area contributed by atoms with Gasteiger partial charge in [-0.15, -0.1) is 0 Å². The van der Waals surface area contributed by atoms with Crippen molar-refractivity contribution in [1.29, 1.82) is 0 Å². The van der Waals surface area contributed by atoms with Crippen LogP contribution in [0.4, 0.5) is 11.4 Å². The molecular weight excluding hydrogens is 328 g/mol. The lowest BCUT2D eigenvalue weighted by Crippen LogP contribution is -2.16. The Hall–Kier alpha value is -1.81. The third kappa shape index (κ3) is 3.10. The van der Waals surface area contributed by atoms with Crippen LogP contribution < -0.4 is 10.6 Å². The van der Waals surface area contributed by atoms with Crippen LogP contribution in [-0.4, -0.2) is 12.5 Å². The number of aryl methyl sites for hydroxylation is 1. The Morgan fingerprint density at radius 2 is 2.14 bits per heavy atom. The molecule has 4 heteroatoms. The Kier molecular flexibility index (Phi) is 3.97. The number of hydrogen-bond donors (Lipinski definition) is 2. The van der Waals surface area contributed by atoms with Crippen LogP contribution in [-0.2, 0) is 4.79 Å². The van der Waals surface area contributed by atoms with Gasteiger partial charge in [0.1, 0.15) is 0 Å². The minimum atomic E-state index is 0.0502. The zero-order valence-electron chi connectivity index (χ0n) is 11.8. The number of rotatable bonds is 3. The van der Waals surface area contributed by atoms with Crippen LogP contribution in [0.25, 0.3) is 0 Å². The van der Waals surface area contributed by atoms with Gasteiger partial charge in [0, 0.05) is 34.7 Å². The molecule has 3 rings (SSSR count). The van der Waals surface area contributed by atoms with E-state index in [1.54, 1.807) is 0 Å². The van der Waals surface area contributed by atoms with E-state index in [2.05, 4.69) is 38.7 Å². The minimum Gasteiger partial charge on any atom is -0.384 e. The molecule has 0 aromatic heterocycles. The lowest BCUT2D eigenvalue weighted by molar-refractivity contribution is -0.116. The molecule has 0 bridgehead atoms. The summed E-state index contributed by atoms with van der Waals surface area (Å²) >= 11 is 3.48. The van der Waals surface area contributed by atoms with Gasteiger partial charge >= 0.3 is 0 Å². The first kappa shape index (κ1) is 14.1. The van der Waals surface area contributed by atoms with Gasteiger partial charge in [-0.1, -0.05) is 40.2 Å². The summed E-state index contributed by atoms with van der Waals surface area (Å²) in [4.78, 5) is 12.2. The largest absolute Gasteiger partial charge is 0.384 e. The molecule has 21 heavy (non-hydrogen) atoms. The maximum absolute atomic E-state index is 12.2. The van der Waals surface area contributed by atoms with Crippen LogP contribution in [0.5, 0.6) is 0 Å². The molecule has 108 valence electrons. The molecule has 1 aliphatic heterocycles. The summed E-state index contributed by atoms with van der Waals surface area (Å²) in [6.07, 6.45) is 0.496. The van der Waals surface area contributed by atoms with Crippen molar-refractivity contribution in [3.63, 3.8) is 0 Å². The van der Waals surface area contributed by atoms with E-state index in [1.165, 1.54) is 5.56 Å². The number of para-hydroxylation sites is 1. The number of carbonyl (C=O) groups excluding carboxylic acids is 1. The average Bonchev–Trinajstić information content (AvgIpc) is 2.86. The van der Waals surface area contributed by atoms with Gasteiger partial charge in [0.15, 0.2) is 0 Å². The number of nitrogens with one attached hydrogen (secondary N) is 2. The summed E-state index contributed by atoms with van der Waals surface area (Å²) in [7, 11) is 0. The first-order chi connectivity index (χ1) is 10.1. The normalized spacial score (nSPS) is 16.2. The summed E-state index contributed by atoms with van der Waals surface area (Å²) in [6, 6.07) is 14.0. The van der Waals surface area contributed by atoms with E-state index < -0.39 is 0 Å². The fourth-order valence-electron chi connectivity index (χ4n) is 2.65. The van der Waals surface area contributed by atoms with Gasteiger partial charge in [0.2, 0.25) is 5.91 Å². The fraction of sp³-hybridized carbons (Fsp3) is 0.235. The molecule has 0 radical (unpaired) electrons. The highest BCUT2D eigenvalue weighted by Crippen LogP contribution is 2.33. The zero-order valence-corrected chi connectivity index (χ0v) is 13.4. The van der Waals surface area contributed by atoms with Crippen LogP contribution >= 0.6 is 15.9 Å². The Morgan fingerprint density at radius 3 is 2.95 bits per heavy atom. The quantitative estimate of drug-likeness (QED) is 0.871. The highest BCUT2D eigenvalue weighted by molar-refractivity contribution is 9.10. The first-order valence-corrected chi connectivity index (χ1v) is 7.81. The maximum atomic E-state index is 12.2. The van der Waals surface area contributed by atoms with Crippen molar-refractivity contribution in [3.8, 4) is 0 Å². The maximum Gasteiger partial charge on any atom is 0.225 e. The van der Waals surface area contributed by atoms with E-state index in [0.717, 1.165) is 28.0 Å². The molecule has 0 saturated heterocycles. The molecular formula is C17H17BrN2O. The molecule has 2 N–H and O–H groups in total. The number of amides is 1. The number of benzene rings is 2. The Balaban J connectivity index is 1.66. The van der Waals surface area contributed by atoms with Gasteiger partial charge in [-0.05, 0) is 36.2 Å². The van der Waals surface area contributed by atoms with E-state index in [0.29, 0.717) is 6.42 Å². The van der Waals surface area contributed by atoms with Crippen molar-refractivity contribution >= 4 is 33.2 Å². The van der Waals surface area contributed by atoms with Crippen molar-refractivity contribution in [2.24, 2.45) is 0 Å². The smallest absolute Gasteiger partial charge is 0.225 e. The van der Waals surface area contributed by atoms with E-state index in [4.69, 9.17) is 0 Å². The van der Waals surface area contributed by atoms with E-state index >= 15 is 0 Å². The van der Waals surface area contributed by atoms with Crippen molar-refractivity contribution in [2.75, 3.05) is 17.2 Å². The first-order valence-electron chi connectivity index (χ1n) is 7.02. The fourth-order valence-corrected chi connectivity index (χ4v) is 3.02. The Bertz CT molecular complexity index is 684. The summed E-state index contributed by atoms with van der Waals surface area (Å²) in [5.74, 6) is 0.296. The standard InChI is InChI=1S/C17H17BrN2O/c1-11-6-7-13(9-15(11)18)20-17(21)8-12-10-19-16-5-3-2-4-14(12)16/h2-7,9,12,19H,8,10H2,1H3,(H,20,21). The molecule has 3 nitrogen and oxygen atoms in total. The van der Waals surface area contributed by atoms with Crippen LogP contribution in [0, 0.1) is 6.92 Å². The second kappa shape index (κ2) is 5.90. The highest BCUT2D eigenvalue weighted by Gasteiger charge is 2.23. The topological polar surface area (TPSA) is 41.1 Å². The molecule has 2 aromatic carbocycles. The van der Waals surface area contributed by atoms with Crippen molar-refractivity contribution < 1.29 is 4.79 Å². The minimum absolute atomic E-state index is 0.0502. The highest BCUT2D eigenvalue weighted by atomic mass is 79.9. The molecule has 0 aliphatic carbocycles. The molecule has 1 atom stereocenters. The van der Waals surface area contributed by atoms with Crippen LogP contribution in [0.2, 0.25) is 0 Å². The second-order valence-corrected chi connectivity index (χ2v) is 6.24. The van der Waals surface area contributed by atoms with E-state index in [9.17, 15) is 4.79 Å². The Labute approximate surface area is 132 Å². The lowest BCUT2D eigenvalue weighted by atomic mass is 9.97. The lowest BCUT2D eigenvalue weighted by Gasteiger charge is -2.11. The van der Waals surface area contributed by atoms with Gasteiger partial charge in [-0.3, -0.25) is 4.79 Å². The van der Waals surface area contributed by atoms with Gasteiger partial charge < -0.3 is 10.6 Å². The molecule has 0 spiro atoms. The SMILES string of the molecule is Cc1ccc(NC(=O)CC2CNc3ccccc32)cc1Br. The van der Waals surface area contributed by atoms with Gasteiger partial charge in [0.25, 0.3) is 0 Å². The second-order valence-electron chi connectivity index (χ2n) is 5.38. The molecule has 0 fully saturated rings. The van der Waals surface area contributed by atoms with Crippen LogP contribution in [0.15, 0.2) is 46.9 Å². The van der Waals surface area contributed by atoms with E-state index in [1.807, 2.05) is 37.3 Å². The molecule has 1 aliphatic rings. The summed E-state index contributed by atoms with van der Waals surface area (Å²) in [6.45, 7) is 2.85. The number of anilines is 2. The monoisotopic (exact) mass is 344 g/mol. The van der Waals surface area contributed by atoms with Crippen LogP contribution in [0.3, 0.4) is 0 Å². The van der Waals surface area contributed by atoms with E-state index in [-0.39, 0.29) is 11.8 Å². The van der Waals surface area contributed by atoms with Gasteiger partial charge in [-0.25, -0.2) is 0 Å². The number of halogens is 1. The van der Waals surface area contributed by atoms with Crippen molar-refractivity contribution in [1.82, 2.24) is 0 Å².